The SMILES string of the molecule is COCCC1COC=C(C)O1. The third kappa shape index (κ3) is 2.80. The molecule has 0 spiro atoms. The first kappa shape index (κ1) is 8.40. The highest BCUT2D eigenvalue weighted by Gasteiger charge is 2.14. The van der Waals surface area contributed by atoms with Crippen molar-refractivity contribution in [1.29, 1.82) is 0 Å². The van der Waals surface area contributed by atoms with Crippen molar-refractivity contribution in [3.63, 3.8) is 0 Å². The fraction of sp³-hybridized carbons (Fsp3) is 0.750. The molecule has 0 saturated carbocycles. The summed E-state index contributed by atoms with van der Waals surface area (Å²) in [6, 6.07) is 0. The average Bonchev–Trinajstić information content (AvgIpc) is 2.01. The molecule has 1 rings (SSSR count). The Hall–Kier alpha value is -0.700. The van der Waals surface area contributed by atoms with Crippen LogP contribution in [0.5, 0.6) is 0 Å². The Kier molecular flexibility index (Phi) is 3.23. The van der Waals surface area contributed by atoms with E-state index in [4.69, 9.17) is 14.2 Å². The Bertz CT molecular complexity index is 142. The molecule has 3 heteroatoms. The van der Waals surface area contributed by atoms with Crippen LogP contribution in [0.15, 0.2) is 12.0 Å². The predicted octanol–water partition coefficient (Wildman–Crippen LogP) is 1.30. The van der Waals surface area contributed by atoms with Crippen LogP contribution in [-0.4, -0.2) is 26.4 Å². The molecule has 0 aromatic carbocycles. The highest BCUT2D eigenvalue weighted by atomic mass is 16.6. The molecule has 0 saturated heterocycles. The molecule has 0 fully saturated rings. The van der Waals surface area contributed by atoms with Gasteiger partial charge in [-0.3, -0.25) is 0 Å². The number of rotatable bonds is 3. The van der Waals surface area contributed by atoms with Crippen molar-refractivity contribution in [3.8, 4) is 0 Å². The molecule has 0 bridgehead atoms. The van der Waals surface area contributed by atoms with Gasteiger partial charge in [0.25, 0.3) is 0 Å². The monoisotopic (exact) mass is 158 g/mol. The maximum absolute atomic E-state index is 5.44. The lowest BCUT2D eigenvalue weighted by molar-refractivity contribution is -0.00330. The minimum atomic E-state index is 0.167. The minimum absolute atomic E-state index is 0.167. The van der Waals surface area contributed by atoms with Gasteiger partial charge in [-0.05, 0) is 6.92 Å². The minimum Gasteiger partial charge on any atom is -0.494 e. The standard InChI is InChI=1S/C8H14O3/c1-7-5-10-6-8(11-7)3-4-9-2/h5,8H,3-4,6H2,1-2H3. The fourth-order valence-corrected chi connectivity index (χ4v) is 0.989. The lowest BCUT2D eigenvalue weighted by Crippen LogP contribution is -2.23. The van der Waals surface area contributed by atoms with Crippen molar-refractivity contribution in [2.75, 3.05) is 20.3 Å². The zero-order valence-corrected chi connectivity index (χ0v) is 7.00. The molecule has 0 N–H and O–H groups in total. The molecular formula is C8H14O3. The van der Waals surface area contributed by atoms with Gasteiger partial charge in [0.2, 0.25) is 0 Å². The van der Waals surface area contributed by atoms with Crippen molar-refractivity contribution in [1.82, 2.24) is 0 Å². The molecule has 1 aliphatic rings. The van der Waals surface area contributed by atoms with E-state index >= 15 is 0 Å². The third-order valence-corrected chi connectivity index (χ3v) is 1.53. The Balaban J connectivity index is 2.21. The Labute approximate surface area is 66.9 Å². The van der Waals surface area contributed by atoms with Crippen LogP contribution in [0, 0.1) is 0 Å². The summed E-state index contributed by atoms with van der Waals surface area (Å²) in [6.45, 7) is 3.25. The first-order chi connectivity index (χ1) is 5.33. The Morgan fingerprint density at radius 2 is 2.55 bits per heavy atom. The third-order valence-electron chi connectivity index (χ3n) is 1.53. The van der Waals surface area contributed by atoms with Gasteiger partial charge in [0.15, 0.2) is 0 Å². The van der Waals surface area contributed by atoms with Crippen molar-refractivity contribution in [3.05, 3.63) is 12.0 Å². The van der Waals surface area contributed by atoms with Crippen LogP contribution in [0.4, 0.5) is 0 Å². The molecule has 11 heavy (non-hydrogen) atoms. The van der Waals surface area contributed by atoms with Crippen LogP contribution in [0.1, 0.15) is 13.3 Å². The quantitative estimate of drug-likeness (QED) is 0.619. The highest BCUT2D eigenvalue weighted by molar-refractivity contribution is 4.86. The van der Waals surface area contributed by atoms with E-state index in [0.29, 0.717) is 6.61 Å². The van der Waals surface area contributed by atoms with Gasteiger partial charge in [0.05, 0.1) is 0 Å². The largest absolute Gasteiger partial charge is 0.494 e. The molecule has 1 unspecified atom stereocenters. The molecule has 1 heterocycles. The number of hydrogen-bond donors (Lipinski definition) is 0. The smallest absolute Gasteiger partial charge is 0.134 e. The first-order valence-corrected chi connectivity index (χ1v) is 3.77. The van der Waals surface area contributed by atoms with Crippen LogP contribution in [0.25, 0.3) is 0 Å². The molecule has 1 atom stereocenters. The summed E-state index contributed by atoms with van der Waals surface area (Å²) in [5.41, 5.74) is 0. The average molecular weight is 158 g/mol. The lowest BCUT2D eigenvalue weighted by atomic mass is 10.2. The summed E-state index contributed by atoms with van der Waals surface area (Å²) in [6.07, 6.45) is 2.70. The van der Waals surface area contributed by atoms with Gasteiger partial charge in [0.1, 0.15) is 24.7 Å². The summed E-state index contributed by atoms with van der Waals surface area (Å²) in [5.74, 6) is 0.845. The zero-order valence-electron chi connectivity index (χ0n) is 7.00. The van der Waals surface area contributed by atoms with Crippen LogP contribution >= 0.6 is 0 Å². The summed E-state index contributed by atoms with van der Waals surface area (Å²) < 4.78 is 15.5. The zero-order chi connectivity index (χ0) is 8.10. The van der Waals surface area contributed by atoms with Crippen LogP contribution in [-0.2, 0) is 14.2 Å². The van der Waals surface area contributed by atoms with E-state index < -0.39 is 0 Å². The van der Waals surface area contributed by atoms with Gasteiger partial charge in [-0.15, -0.1) is 0 Å². The molecule has 3 nitrogen and oxygen atoms in total. The second kappa shape index (κ2) is 4.23. The van der Waals surface area contributed by atoms with E-state index in [-0.39, 0.29) is 6.10 Å². The molecule has 0 aliphatic carbocycles. The first-order valence-electron chi connectivity index (χ1n) is 3.77. The van der Waals surface area contributed by atoms with Crippen LogP contribution < -0.4 is 0 Å². The molecule has 1 aliphatic heterocycles. The molecule has 64 valence electrons. The van der Waals surface area contributed by atoms with E-state index in [1.807, 2.05) is 6.92 Å². The van der Waals surface area contributed by atoms with Gasteiger partial charge in [-0.1, -0.05) is 0 Å². The van der Waals surface area contributed by atoms with Crippen molar-refractivity contribution < 1.29 is 14.2 Å². The normalized spacial score (nSPS) is 23.5. The number of hydrogen-bond acceptors (Lipinski definition) is 3. The van der Waals surface area contributed by atoms with E-state index in [1.54, 1.807) is 13.4 Å². The van der Waals surface area contributed by atoms with E-state index in [9.17, 15) is 0 Å². The second-order valence-electron chi connectivity index (χ2n) is 2.58. The molecule has 0 aromatic rings. The lowest BCUT2D eigenvalue weighted by Gasteiger charge is -2.22. The van der Waals surface area contributed by atoms with E-state index in [2.05, 4.69) is 0 Å². The van der Waals surface area contributed by atoms with Crippen molar-refractivity contribution in [2.45, 2.75) is 19.4 Å². The van der Waals surface area contributed by atoms with E-state index in [0.717, 1.165) is 18.8 Å². The number of ether oxygens (including phenoxy) is 3. The van der Waals surface area contributed by atoms with Gasteiger partial charge in [-0.2, -0.15) is 0 Å². The number of methoxy groups -OCH3 is 1. The predicted molar refractivity (Wildman–Crippen MR) is 41.1 cm³/mol. The van der Waals surface area contributed by atoms with Crippen LogP contribution in [0.2, 0.25) is 0 Å². The fourth-order valence-electron chi connectivity index (χ4n) is 0.989. The molecule has 0 amide bonds. The van der Waals surface area contributed by atoms with Gasteiger partial charge >= 0.3 is 0 Å². The van der Waals surface area contributed by atoms with Gasteiger partial charge < -0.3 is 14.2 Å². The Morgan fingerprint density at radius 1 is 1.73 bits per heavy atom. The maximum atomic E-state index is 5.44. The Morgan fingerprint density at radius 3 is 3.18 bits per heavy atom. The summed E-state index contributed by atoms with van der Waals surface area (Å²) in [4.78, 5) is 0. The van der Waals surface area contributed by atoms with Crippen molar-refractivity contribution >= 4 is 0 Å². The van der Waals surface area contributed by atoms with Gasteiger partial charge in [-0.25, -0.2) is 0 Å². The highest BCUT2D eigenvalue weighted by Crippen LogP contribution is 2.11. The molecule has 0 radical (unpaired) electrons. The topological polar surface area (TPSA) is 27.7 Å². The summed E-state index contributed by atoms with van der Waals surface area (Å²) in [7, 11) is 1.69. The van der Waals surface area contributed by atoms with Crippen molar-refractivity contribution in [2.24, 2.45) is 0 Å². The second-order valence-corrected chi connectivity index (χ2v) is 2.58. The van der Waals surface area contributed by atoms with Crippen LogP contribution in [0.3, 0.4) is 0 Å². The van der Waals surface area contributed by atoms with E-state index in [1.165, 1.54) is 0 Å². The number of allylic oxidation sites excluding steroid dienone is 1. The van der Waals surface area contributed by atoms with Gasteiger partial charge in [0, 0.05) is 20.1 Å². The maximum Gasteiger partial charge on any atom is 0.134 e. The molecular weight excluding hydrogens is 144 g/mol. The summed E-state index contributed by atoms with van der Waals surface area (Å²) >= 11 is 0. The summed E-state index contributed by atoms with van der Waals surface area (Å²) in [5, 5.41) is 0. The molecule has 0 aromatic heterocycles.